The van der Waals surface area contributed by atoms with Crippen LogP contribution in [0.15, 0.2) is 182 Å². The van der Waals surface area contributed by atoms with Gasteiger partial charge in [-0.05, 0) is 62.3 Å². The van der Waals surface area contributed by atoms with Crippen molar-refractivity contribution in [2.24, 2.45) is 0 Å². The van der Waals surface area contributed by atoms with Gasteiger partial charge in [0.2, 0.25) is 0 Å². The number of rotatable bonds is 10. The number of benzene rings is 6. The summed E-state index contributed by atoms with van der Waals surface area (Å²) in [5.41, 5.74) is 11.3. The number of morpholine rings is 1. The maximum Gasteiger partial charge on any atom is 0.261 e. The van der Waals surface area contributed by atoms with Gasteiger partial charge in [-0.15, -0.1) is 0 Å². The molecule has 0 spiro atoms. The summed E-state index contributed by atoms with van der Waals surface area (Å²) < 4.78 is 17.0. The van der Waals surface area contributed by atoms with E-state index < -0.39 is 26.2 Å². The van der Waals surface area contributed by atoms with Crippen LogP contribution in [-0.2, 0) is 14.7 Å². The molecule has 0 bridgehead atoms. The highest BCUT2D eigenvalue weighted by atomic mass is 28.4. The first-order valence-corrected chi connectivity index (χ1v) is 23.5. The summed E-state index contributed by atoms with van der Waals surface area (Å²) in [5, 5.41) is 11.6. The number of nitrogens with two attached hydrogens (primary N) is 1. The van der Waals surface area contributed by atoms with Crippen molar-refractivity contribution in [3.8, 4) is 17.9 Å². The Bertz CT molecular complexity index is 2810. The number of hydrogen-bond acceptors (Lipinski definition) is 8. The van der Waals surface area contributed by atoms with Gasteiger partial charge < -0.3 is 14.9 Å². The van der Waals surface area contributed by atoms with Crippen molar-refractivity contribution in [3.63, 3.8) is 0 Å². The average Bonchev–Trinajstić information content (AvgIpc) is 3.72. The zero-order chi connectivity index (χ0) is 44.2. The molecule has 316 valence electrons. The van der Waals surface area contributed by atoms with E-state index in [0.29, 0.717) is 42.2 Å². The van der Waals surface area contributed by atoms with E-state index in [1.807, 2.05) is 16.7 Å². The number of nitrogens with zero attached hydrogens (tertiary/aromatic N) is 6. The lowest BCUT2D eigenvalue weighted by molar-refractivity contribution is -0.146. The Morgan fingerprint density at radius 1 is 0.672 bits per heavy atom. The second-order valence-corrected chi connectivity index (χ2v) is 21.4. The highest BCUT2D eigenvalue weighted by Gasteiger charge is 2.52. The van der Waals surface area contributed by atoms with Gasteiger partial charge in [-0.25, -0.2) is 15.0 Å². The second kappa shape index (κ2) is 17.9. The van der Waals surface area contributed by atoms with E-state index in [0.717, 1.165) is 22.3 Å². The fourth-order valence-electron chi connectivity index (χ4n) is 9.43. The van der Waals surface area contributed by atoms with Gasteiger partial charge in [0, 0.05) is 18.7 Å². The van der Waals surface area contributed by atoms with Gasteiger partial charge in [-0.1, -0.05) is 178 Å². The molecule has 9 rings (SSSR count). The Kier molecular flexibility index (Phi) is 11.8. The maximum absolute atomic E-state index is 9.43. The first-order valence-electron chi connectivity index (χ1n) is 21.5. The molecule has 8 aromatic rings. The summed E-state index contributed by atoms with van der Waals surface area (Å²) >= 11 is 0. The monoisotopic (exact) mass is 855 g/mol. The van der Waals surface area contributed by atoms with Crippen LogP contribution in [0.2, 0.25) is 5.04 Å². The molecular weight excluding hydrogens is 807 g/mol. The standard InChI is InChI=1S/C54H49N7O2Si/c1-53(2,3)64(46-25-15-7-16-26-46,47-27-17-8-18-28-47)62-38-45-36-60(54(42-19-9-4-10-20-42,43-21-11-5-12-22-43)44-23-13-6-14-24-44)37-49(63-45)61-48(59-50-51(56)57-39-58-52(50)61)34-33-40-29-31-41(35-55)32-30-40/h4-32,39,45,49H,36-38H2,1-3H3,(H2,56,57,58)/t45-,49+/m0/s1. The fourth-order valence-corrected chi connectivity index (χ4v) is 14.0. The first-order chi connectivity index (χ1) is 31.2. The highest BCUT2D eigenvalue weighted by molar-refractivity contribution is 6.99. The molecule has 64 heavy (non-hydrogen) atoms. The van der Waals surface area contributed by atoms with Crippen molar-refractivity contribution in [2.45, 2.75) is 43.7 Å². The minimum atomic E-state index is -3.00. The van der Waals surface area contributed by atoms with Gasteiger partial charge in [-0.2, -0.15) is 5.26 Å². The Balaban J connectivity index is 1.25. The Morgan fingerprint density at radius 2 is 1.17 bits per heavy atom. The second-order valence-electron chi connectivity index (χ2n) is 17.1. The van der Waals surface area contributed by atoms with E-state index in [9.17, 15) is 5.26 Å². The molecule has 0 aliphatic carbocycles. The molecule has 0 radical (unpaired) electrons. The van der Waals surface area contributed by atoms with Crippen molar-refractivity contribution in [1.82, 2.24) is 24.4 Å². The zero-order valence-electron chi connectivity index (χ0n) is 36.2. The molecule has 2 atom stereocenters. The molecule has 0 unspecified atom stereocenters. The van der Waals surface area contributed by atoms with Crippen LogP contribution in [0.4, 0.5) is 5.82 Å². The quantitative estimate of drug-likeness (QED) is 0.0829. The van der Waals surface area contributed by atoms with Crippen LogP contribution in [0.1, 0.15) is 60.6 Å². The number of anilines is 1. The average molecular weight is 856 g/mol. The molecular formula is C54H49N7O2Si. The smallest absolute Gasteiger partial charge is 0.261 e. The third-order valence-corrected chi connectivity index (χ3v) is 17.2. The number of ether oxygens (including phenoxy) is 1. The Morgan fingerprint density at radius 3 is 1.67 bits per heavy atom. The number of aromatic nitrogens is 4. The zero-order valence-corrected chi connectivity index (χ0v) is 37.2. The predicted molar refractivity (Wildman–Crippen MR) is 255 cm³/mol. The molecule has 1 fully saturated rings. The van der Waals surface area contributed by atoms with Gasteiger partial charge in [0.15, 0.2) is 29.0 Å². The number of nitrogen functional groups attached to an aromatic ring is 1. The summed E-state index contributed by atoms with van der Waals surface area (Å²) in [6, 6.07) is 62.9. The highest BCUT2D eigenvalue weighted by Crippen LogP contribution is 2.45. The summed E-state index contributed by atoms with van der Waals surface area (Å²) in [6.45, 7) is 8.11. The number of imidazole rings is 1. The molecule has 1 aliphatic heterocycles. The van der Waals surface area contributed by atoms with E-state index >= 15 is 0 Å². The van der Waals surface area contributed by atoms with Gasteiger partial charge in [0.1, 0.15) is 6.33 Å². The van der Waals surface area contributed by atoms with Gasteiger partial charge in [-0.3, -0.25) is 9.47 Å². The number of nitriles is 1. The largest absolute Gasteiger partial charge is 0.405 e. The van der Waals surface area contributed by atoms with Crippen LogP contribution >= 0.6 is 0 Å². The van der Waals surface area contributed by atoms with Gasteiger partial charge in [0.25, 0.3) is 8.32 Å². The third kappa shape index (κ3) is 7.78. The van der Waals surface area contributed by atoms with E-state index in [4.69, 9.17) is 24.9 Å². The maximum atomic E-state index is 9.43. The van der Waals surface area contributed by atoms with E-state index in [2.05, 4.69) is 200 Å². The van der Waals surface area contributed by atoms with E-state index in [-0.39, 0.29) is 10.9 Å². The third-order valence-electron chi connectivity index (χ3n) is 12.2. The fraction of sp³-hybridized carbons (Fsp3) is 0.185. The molecule has 0 amide bonds. The summed E-state index contributed by atoms with van der Waals surface area (Å²) in [4.78, 5) is 16.6. The first kappa shape index (κ1) is 42.1. The number of fused-ring (bicyclic) bond motifs is 1. The lowest BCUT2D eigenvalue weighted by atomic mass is 9.75. The lowest BCUT2D eigenvalue weighted by Gasteiger charge is -2.51. The molecule has 10 heteroatoms. The summed E-state index contributed by atoms with van der Waals surface area (Å²) in [7, 11) is -3.00. The molecule has 1 saturated heterocycles. The number of hydrogen-bond donors (Lipinski definition) is 1. The van der Waals surface area contributed by atoms with Gasteiger partial charge in [0.05, 0.1) is 29.9 Å². The van der Waals surface area contributed by atoms with E-state index in [1.54, 1.807) is 12.1 Å². The Hall–Kier alpha value is -7.18. The van der Waals surface area contributed by atoms with Crippen LogP contribution in [0, 0.1) is 23.2 Å². The van der Waals surface area contributed by atoms with Crippen molar-refractivity contribution >= 4 is 35.7 Å². The summed E-state index contributed by atoms with van der Waals surface area (Å²) in [5.74, 6) is 7.29. The van der Waals surface area contributed by atoms with Crippen LogP contribution < -0.4 is 16.1 Å². The van der Waals surface area contributed by atoms with Gasteiger partial charge >= 0.3 is 0 Å². The normalized spacial score (nSPS) is 15.8. The topological polar surface area (TPSA) is 115 Å². The van der Waals surface area contributed by atoms with Crippen molar-refractivity contribution in [2.75, 3.05) is 25.4 Å². The Labute approximate surface area is 375 Å². The van der Waals surface area contributed by atoms with Crippen molar-refractivity contribution < 1.29 is 9.16 Å². The van der Waals surface area contributed by atoms with E-state index in [1.165, 1.54) is 16.7 Å². The van der Waals surface area contributed by atoms with Crippen LogP contribution in [0.5, 0.6) is 0 Å². The molecule has 3 heterocycles. The minimum absolute atomic E-state index is 0.247. The molecule has 2 N–H and O–H groups in total. The molecule has 6 aromatic carbocycles. The lowest BCUT2D eigenvalue weighted by Crippen LogP contribution is -2.67. The SMILES string of the molecule is CC(C)(C)[Si](OC[C@@H]1CN(C(c2ccccc2)(c2ccccc2)c2ccccc2)C[C@H](n2c(C#Cc3ccc(C#N)cc3)nc3c(N)ncnc32)O1)(c1ccccc1)c1ccccc1. The van der Waals surface area contributed by atoms with Crippen molar-refractivity contribution in [1.29, 1.82) is 5.26 Å². The summed E-state index contributed by atoms with van der Waals surface area (Å²) in [6.07, 6.45) is 0.341. The molecule has 1 aliphatic rings. The minimum Gasteiger partial charge on any atom is -0.405 e. The molecule has 0 saturated carbocycles. The van der Waals surface area contributed by atoms with Crippen LogP contribution in [0.25, 0.3) is 11.2 Å². The van der Waals surface area contributed by atoms with Crippen molar-refractivity contribution in [3.05, 3.63) is 216 Å². The predicted octanol–water partition coefficient (Wildman–Crippen LogP) is 8.45. The van der Waals surface area contributed by atoms with Crippen LogP contribution in [-0.4, -0.2) is 58.5 Å². The van der Waals surface area contributed by atoms with Crippen LogP contribution in [0.3, 0.4) is 0 Å². The molecule has 2 aromatic heterocycles. The molecule has 9 nitrogen and oxygen atoms in total.